The van der Waals surface area contributed by atoms with Crippen molar-refractivity contribution in [2.45, 2.75) is 25.9 Å². The number of nitrogens with zero attached hydrogens (tertiary/aromatic N) is 2. The Bertz CT molecular complexity index is 589. The molecule has 0 fully saturated rings. The van der Waals surface area contributed by atoms with E-state index in [0.29, 0.717) is 12.4 Å². The maximum atomic E-state index is 12.2. The van der Waals surface area contributed by atoms with Gasteiger partial charge in [0.05, 0.1) is 10.5 Å². The van der Waals surface area contributed by atoms with Gasteiger partial charge in [0, 0.05) is 6.54 Å². The largest absolute Gasteiger partial charge is 0.573 e. The van der Waals surface area contributed by atoms with Crippen LogP contribution in [0.25, 0.3) is 0 Å². The van der Waals surface area contributed by atoms with Crippen molar-refractivity contribution < 1.29 is 17.9 Å². The molecular formula is C12H12BrF3N4O. The molecule has 0 aliphatic carbocycles. The molecule has 1 aromatic carbocycles. The molecule has 0 saturated heterocycles. The van der Waals surface area contributed by atoms with Crippen molar-refractivity contribution in [3.05, 3.63) is 40.4 Å². The summed E-state index contributed by atoms with van der Waals surface area (Å²) in [7, 11) is 0. The molecule has 1 heterocycles. The van der Waals surface area contributed by atoms with Gasteiger partial charge in [0.15, 0.2) is 0 Å². The average Bonchev–Trinajstić information content (AvgIpc) is 2.91. The van der Waals surface area contributed by atoms with Gasteiger partial charge >= 0.3 is 6.36 Å². The Kier molecular flexibility index (Phi) is 4.84. The molecule has 0 bridgehead atoms. The summed E-state index contributed by atoms with van der Waals surface area (Å²) in [5.74, 6) is 0.417. The van der Waals surface area contributed by atoms with Crippen LogP contribution in [0.2, 0.25) is 0 Å². The quantitative estimate of drug-likeness (QED) is 0.854. The molecule has 114 valence electrons. The summed E-state index contributed by atoms with van der Waals surface area (Å²) in [6.07, 6.45) is -3.30. The minimum atomic E-state index is -4.71. The fourth-order valence-corrected chi connectivity index (χ4v) is 2.16. The fourth-order valence-electron chi connectivity index (χ4n) is 1.65. The summed E-state index contributed by atoms with van der Waals surface area (Å²) in [6, 6.07) is 4.35. The molecule has 2 aromatic rings. The highest BCUT2D eigenvalue weighted by Gasteiger charge is 2.31. The van der Waals surface area contributed by atoms with Crippen LogP contribution in [0.3, 0.4) is 0 Å². The summed E-state index contributed by atoms with van der Waals surface area (Å²) < 4.78 is 40.6. The lowest BCUT2D eigenvalue weighted by atomic mass is 10.2. The van der Waals surface area contributed by atoms with Gasteiger partial charge in [-0.25, -0.2) is 4.98 Å². The summed E-state index contributed by atoms with van der Waals surface area (Å²) in [6.45, 7) is 2.36. The third kappa shape index (κ3) is 4.71. The first-order valence-electron chi connectivity index (χ1n) is 5.98. The molecule has 0 saturated carbocycles. The van der Waals surface area contributed by atoms with E-state index in [-0.39, 0.29) is 16.3 Å². The van der Waals surface area contributed by atoms with Crippen molar-refractivity contribution in [1.29, 1.82) is 0 Å². The van der Waals surface area contributed by atoms with Gasteiger partial charge in [-0.15, -0.1) is 13.2 Å². The molecule has 1 atom stereocenters. The van der Waals surface area contributed by atoms with Gasteiger partial charge in [-0.3, -0.25) is 5.10 Å². The zero-order valence-corrected chi connectivity index (χ0v) is 12.5. The number of H-pyrrole nitrogens is 1. The highest BCUT2D eigenvalue weighted by Crippen LogP contribution is 2.31. The Balaban J connectivity index is 1.97. The molecule has 0 aliphatic heterocycles. The van der Waals surface area contributed by atoms with Gasteiger partial charge < -0.3 is 10.1 Å². The van der Waals surface area contributed by atoms with Gasteiger partial charge in [0.1, 0.15) is 17.9 Å². The Morgan fingerprint density at radius 2 is 2.19 bits per heavy atom. The number of aromatic nitrogens is 3. The summed E-state index contributed by atoms with van der Waals surface area (Å²) in [4.78, 5) is 4.02. The van der Waals surface area contributed by atoms with Crippen LogP contribution in [0, 0.1) is 0 Å². The van der Waals surface area contributed by atoms with Crippen LogP contribution in [-0.2, 0) is 6.54 Å². The molecule has 0 radical (unpaired) electrons. The van der Waals surface area contributed by atoms with E-state index in [1.54, 1.807) is 12.1 Å². The zero-order chi connectivity index (χ0) is 15.5. The number of aromatic amines is 1. The first-order chi connectivity index (χ1) is 9.85. The van der Waals surface area contributed by atoms with E-state index >= 15 is 0 Å². The van der Waals surface area contributed by atoms with E-state index < -0.39 is 6.36 Å². The second-order valence-corrected chi connectivity index (χ2v) is 5.14. The Labute approximate surface area is 127 Å². The minimum absolute atomic E-state index is 0.0580. The molecule has 2 rings (SSSR count). The van der Waals surface area contributed by atoms with Crippen molar-refractivity contribution in [3.8, 4) is 5.75 Å². The molecular weight excluding hydrogens is 353 g/mol. The van der Waals surface area contributed by atoms with Crippen LogP contribution in [0.15, 0.2) is 29.0 Å². The van der Waals surface area contributed by atoms with Crippen molar-refractivity contribution in [2.75, 3.05) is 0 Å². The van der Waals surface area contributed by atoms with Crippen LogP contribution >= 0.6 is 15.9 Å². The number of halogens is 4. The highest BCUT2D eigenvalue weighted by atomic mass is 79.9. The maximum absolute atomic E-state index is 12.2. The van der Waals surface area contributed by atoms with Gasteiger partial charge in [-0.2, -0.15) is 5.10 Å². The number of hydrogen-bond donors (Lipinski definition) is 2. The molecule has 21 heavy (non-hydrogen) atoms. The predicted molar refractivity (Wildman–Crippen MR) is 72.5 cm³/mol. The Morgan fingerprint density at radius 3 is 2.76 bits per heavy atom. The Morgan fingerprint density at radius 1 is 1.43 bits per heavy atom. The third-order valence-electron chi connectivity index (χ3n) is 2.68. The second kappa shape index (κ2) is 6.44. The van der Waals surface area contributed by atoms with Gasteiger partial charge in [0.2, 0.25) is 0 Å². The van der Waals surface area contributed by atoms with Gasteiger partial charge in [-0.05, 0) is 40.5 Å². The monoisotopic (exact) mass is 364 g/mol. The summed E-state index contributed by atoms with van der Waals surface area (Å²) >= 11 is 3.06. The molecule has 9 heteroatoms. The predicted octanol–water partition coefficient (Wildman–Crippen LogP) is 3.32. The SMILES string of the molecule is CC(NCc1ccc(OC(F)(F)F)c(Br)c1)c1ncn[nH]1. The number of ether oxygens (including phenoxy) is 1. The van der Waals surface area contributed by atoms with Crippen LogP contribution in [0.1, 0.15) is 24.4 Å². The summed E-state index contributed by atoms with van der Waals surface area (Å²) in [5.41, 5.74) is 0.808. The van der Waals surface area contributed by atoms with E-state index in [0.717, 1.165) is 5.56 Å². The zero-order valence-electron chi connectivity index (χ0n) is 10.9. The average molecular weight is 365 g/mol. The van der Waals surface area contributed by atoms with E-state index in [2.05, 4.69) is 41.2 Å². The number of benzene rings is 1. The van der Waals surface area contributed by atoms with Gasteiger partial charge in [-0.1, -0.05) is 6.07 Å². The highest BCUT2D eigenvalue weighted by molar-refractivity contribution is 9.10. The number of hydrogen-bond acceptors (Lipinski definition) is 4. The number of rotatable bonds is 5. The van der Waals surface area contributed by atoms with Crippen molar-refractivity contribution >= 4 is 15.9 Å². The van der Waals surface area contributed by atoms with Crippen molar-refractivity contribution in [2.24, 2.45) is 0 Å². The minimum Gasteiger partial charge on any atom is -0.405 e. The molecule has 1 aromatic heterocycles. The number of alkyl halides is 3. The fraction of sp³-hybridized carbons (Fsp3) is 0.333. The molecule has 2 N–H and O–H groups in total. The van der Waals surface area contributed by atoms with Crippen LogP contribution in [0.5, 0.6) is 5.75 Å². The smallest absolute Gasteiger partial charge is 0.405 e. The van der Waals surface area contributed by atoms with Crippen LogP contribution in [-0.4, -0.2) is 21.5 Å². The lowest BCUT2D eigenvalue weighted by Gasteiger charge is -2.13. The van der Waals surface area contributed by atoms with Gasteiger partial charge in [0.25, 0.3) is 0 Å². The van der Waals surface area contributed by atoms with Crippen LogP contribution in [0.4, 0.5) is 13.2 Å². The normalized spacial score (nSPS) is 13.2. The van der Waals surface area contributed by atoms with E-state index in [1.165, 1.54) is 12.4 Å². The first kappa shape index (κ1) is 15.8. The van der Waals surface area contributed by atoms with Crippen molar-refractivity contribution in [3.63, 3.8) is 0 Å². The maximum Gasteiger partial charge on any atom is 0.573 e. The van der Waals surface area contributed by atoms with Crippen LogP contribution < -0.4 is 10.1 Å². The molecule has 0 amide bonds. The lowest BCUT2D eigenvalue weighted by Crippen LogP contribution is -2.19. The molecule has 0 aliphatic rings. The molecule has 5 nitrogen and oxygen atoms in total. The third-order valence-corrected chi connectivity index (χ3v) is 3.30. The van der Waals surface area contributed by atoms with E-state index in [9.17, 15) is 13.2 Å². The Hall–Kier alpha value is -1.61. The second-order valence-electron chi connectivity index (χ2n) is 4.29. The summed E-state index contributed by atoms with van der Waals surface area (Å²) in [5, 5.41) is 9.67. The van der Waals surface area contributed by atoms with Crippen molar-refractivity contribution in [1.82, 2.24) is 20.5 Å². The van der Waals surface area contributed by atoms with E-state index in [4.69, 9.17) is 0 Å². The standard InChI is InChI=1S/C12H12BrF3N4O/c1-7(11-18-6-19-20-11)17-5-8-2-3-10(9(13)4-8)21-12(14,15)16/h2-4,6-7,17H,5H2,1H3,(H,18,19,20). The number of nitrogens with one attached hydrogen (secondary N) is 2. The topological polar surface area (TPSA) is 62.8 Å². The first-order valence-corrected chi connectivity index (χ1v) is 6.77. The lowest BCUT2D eigenvalue weighted by molar-refractivity contribution is -0.274. The molecule has 0 spiro atoms. The molecule has 1 unspecified atom stereocenters. The van der Waals surface area contributed by atoms with E-state index in [1.807, 2.05) is 6.92 Å².